The average Bonchev–Trinajstić information content (AvgIpc) is 3.04. The summed E-state index contributed by atoms with van der Waals surface area (Å²) in [5.74, 6) is -0.473. The zero-order valence-electron chi connectivity index (χ0n) is 15.5. The number of hydrogen-bond donors (Lipinski definition) is 2. The fraction of sp³-hybridized carbons (Fsp3) is 0.200. The quantitative estimate of drug-likeness (QED) is 0.517. The SMILES string of the molecule is CC(Nc1ncc(-c2ccc3oc(=O)n(CCO)c3c2)nn1)c1ccc(F)cc1. The number of anilines is 1. The molecule has 0 radical (unpaired) electrons. The van der Waals surface area contributed by atoms with E-state index < -0.39 is 5.76 Å². The predicted octanol–water partition coefficient (Wildman–Crippen LogP) is 2.75. The van der Waals surface area contributed by atoms with Gasteiger partial charge in [0.2, 0.25) is 5.95 Å². The molecule has 2 aromatic heterocycles. The smallest absolute Gasteiger partial charge is 0.408 e. The molecule has 2 N–H and O–H groups in total. The highest BCUT2D eigenvalue weighted by molar-refractivity contribution is 5.79. The van der Waals surface area contributed by atoms with Crippen LogP contribution in [0.3, 0.4) is 0 Å². The molecule has 0 aliphatic heterocycles. The summed E-state index contributed by atoms with van der Waals surface area (Å²) in [5, 5.41) is 20.6. The maximum atomic E-state index is 13.1. The lowest BCUT2D eigenvalue weighted by Crippen LogP contribution is -2.16. The zero-order chi connectivity index (χ0) is 20.4. The first kappa shape index (κ1) is 18.8. The molecule has 0 saturated heterocycles. The van der Waals surface area contributed by atoms with E-state index in [1.807, 2.05) is 6.92 Å². The second-order valence-electron chi connectivity index (χ2n) is 6.51. The minimum Gasteiger partial charge on any atom is -0.408 e. The molecule has 1 unspecified atom stereocenters. The van der Waals surface area contributed by atoms with Gasteiger partial charge >= 0.3 is 5.76 Å². The van der Waals surface area contributed by atoms with Crippen LogP contribution in [0.25, 0.3) is 22.4 Å². The maximum absolute atomic E-state index is 13.1. The molecule has 0 amide bonds. The fourth-order valence-electron chi connectivity index (χ4n) is 3.04. The average molecular weight is 395 g/mol. The van der Waals surface area contributed by atoms with Gasteiger partial charge in [0.15, 0.2) is 5.58 Å². The summed E-state index contributed by atoms with van der Waals surface area (Å²) in [6.07, 6.45) is 1.57. The van der Waals surface area contributed by atoms with Crippen LogP contribution in [0, 0.1) is 5.82 Å². The van der Waals surface area contributed by atoms with Crippen LogP contribution in [0.15, 0.2) is 57.9 Å². The normalized spacial score (nSPS) is 12.2. The molecule has 0 bridgehead atoms. The zero-order valence-corrected chi connectivity index (χ0v) is 15.5. The van der Waals surface area contributed by atoms with Crippen LogP contribution in [0.2, 0.25) is 0 Å². The van der Waals surface area contributed by atoms with E-state index in [-0.39, 0.29) is 25.0 Å². The van der Waals surface area contributed by atoms with E-state index in [4.69, 9.17) is 9.52 Å². The number of aliphatic hydroxyl groups excluding tert-OH is 1. The van der Waals surface area contributed by atoms with Crippen molar-refractivity contribution in [1.82, 2.24) is 19.7 Å². The summed E-state index contributed by atoms with van der Waals surface area (Å²) in [6, 6.07) is 11.2. The molecular weight excluding hydrogens is 377 g/mol. The third-order valence-corrected chi connectivity index (χ3v) is 4.56. The number of nitrogens with zero attached hydrogens (tertiary/aromatic N) is 4. The van der Waals surface area contributed by atoms with Gasteiger partial charge in [0.1, 0.15) is 11.5 Å². The van der Waals surface area contributed by atoms with Crippen molar-refractivity contribution in [1.29, 1.82) is 0 Å². The Kier molecular flexibility index (Phi) is 5.05. The topological polar surface area (TPSA) is 106 Å². The number of oxazole rings is 1. The summed E-state index contributed by atoms with van der Waals surface area (Å²) < 4.78 is 19.6. The Hall–Kier alpha value is -3.59. The maximum Gasteiger partial charge on any atom is 0.420 e. The largest absolute Gasteiger partial charge is 0.420 e. The molecule has 2 heterocycles. The Balaban J connectivity index is 1.56. The van der Waals surface area contributed by atoms with Gasteiger partial charge in [-0.15, -0.1) is 10.2 Å². The van der Waals surface area contributed by atoms with Crippen molar-refractivity contribution in [2.45, 2.75) is 19.5 Å². The van der Waals surface area contributed by atoms with Crippen molar-refractivity contribution >= 4 is 17.0 Å². The summed E-state index contributed by atoms with van der Waals surface area (Å²) in [4.78, 5) is 16.2. The fourth-order valence-corrected chi connectivity index (χ4v) is 3.04. The molecule has 9 heteroatoms. The summed E-state index contributed by atoms with van der Waals surface area (Å²) in [6.45, 7) is 1.88. The van der Waals surface area contributed by atoms with Crippen LogP contribution < -0.4 is 11.1 Å². The molecule has 148 valence electrons. The number of aromatic nitrogens is 4. The molecule has 29 heavy (non-hydrogen) atoms. The summed E-state index contributed by atoms with van der Waals surface area (Å²) in [5.41, 5.74) is 3.13. The van der Waals surface area contributed by atoms with E-state index in [0.29, 0.717) is 28.3 Å². The minimum atomic E-state index is -0.523. The highest BCUT2D eigenvalue weighted by Crippen LogP contribution is 2.23. The van der Waals surface area contributed by atoms with Gasteiger partial charge in [-0.05, 0) is 42.8 Å². The molecule has 2 aromatic carbocycles. The van der Waals surface area contributed by atoms with Crippen LogP contribution in [-0.4, -0.2) is 31.5 Å². The Morgan fingerprint density at radius 2 is 2.00 bits per heavy atom. The Bertz CT molecular complexity index is 1190. The van der Waals surface area contributed by atoms with Crippen molar-refractivity contribution in [3.63, 3.8) is 0 Å². The van der Waals surface area contributed by atoms with Crippen LogP contribution in [0.5, 0.6) is 0 Å². The third-order valence-electron chi connectivity index (χ3n) is 4.56. The van der Waals surface area contributed by atoms with Crippen molar-refractivity contribution in [2.24, 2.45) is 0 Å². The number of nitrogens with one attached hydrogen (secondary N) is 1. The molecule has 4 aromatic rings. The van der Waals surface area contributed by atoms with Gasteiger partial charge in [0.25, 0.3) is 0 Å². The number of fused-ring (bicyclic) bond motifs is 1. The van der Waals surface area contributed by atoms with E-state index in [1.165, 1.54) is 16.7 Å². The first-order valence-electron chi connectivity index (χ1n) is 9.01. The Labute approximate surface area is 164 Å². The molecule has 8 nitrogen and oxygen atoms in total. The summed E-state index contributed by atoms with van der Waals surface area (Å²) >= 11 is 0. The van der Waals surface area contributed by atoms with Gasteiger partial charge < -0.3 is 14.8 Å². The van der Waals surface area contributed by atoms with Crippen molar-refractivity contribution in [2.75, 3.05) is 11.9 Å². The molecule has 0 fully saturated rings. The third kappa shape index (κ3) is 3.85. The lowest BCUT2D eigenvalue weighted by Gasteiger charge is -2.13. The monoisotopic (exact) mass is 395 g/mol. The van der Waals surface area contributed by atoms with Gasteiger partial charge in [-0.1, -0.05) is 12.1 Å². The second-order valence-corrected chi connectivity index (χ2v) is 6.51. The number of aliphatic hydroxyl groups is 1. The van der Waals surface area contributed by atoms with E-state index in [2.05, 4.69) is 20.5 Å². The minimum absolute atomic E-state index is 0.126. The molecule has 1 atom stereocenters. The van der Waals surface area contributed by atoms with E-state index in [1.54, 1.807) is 36.5 Å². The molecule has 0 spiro atoms. The predicted molar refractivity (Wildman–Crippen MR) is 105 cm³/mol. The van der Waals surface area contributed by atoms with E-state index >= 15 is 0 Å². The van der Waals surface area contributed by atoms with Crippen LogP contribution in [-0.2, 0) is 6.54 Å². The van der Waals surface area contributed by atoms with Gasteiger partial charge in [-0.3, -0.25) is 4.57 Å². The summed E-state index contributed by atoms with van der Waals surface area (Å²) in [7, 11) is 0. The van der Waals surface area contributed by atoms with Crippen LogP contribution in [0.1, 0.15) is 18.5 Å². The molecule has 0 saturated carbocycles. The van der Waals surface area contributed by atoms with Crippen molar-refractivity contribution < 1.29 is 13.9 Å². The lowest BCUT2D eigenvalue weighted by molar-refractivity contribution is 0.272. The molecule has 0 aliphatic carbocycles. The van der Waals surface area contributed by atoms with Crippen molar-refractivity contribution in [3.05, 3.63) is 70.6 Å². The van der Waals surface area contributed by atoms with Crippen LogP contribution >= 0.6 is 0 Å². The van der Waals surface area contributed by atoms with E-state index in [0.717, 1.165) is 5.56 Å². The van der Waals surface area contributed by atoms with Crippen LogP contribution in [0.4, 0.5) is 10.3 Å². The second kappa shape index (κ2) is 7.80. The standard InChI is InChI=1S/C20H18FN5O3/c1-12(13-2-5-15(21)6-3-13)23-19-22-11-16(24-25-19)14-4-7-18-17(10-14)26(8-9-27)20(28)29-18/h2-7,10-12,27H,8-9H2,1H3,(H,22,23,25). The van der Waals surface area contributed by atoms with Gasteiger partial charge in [-0.2, -0.15) is 0 Å². The first-order valence-corrected chi connectivity index (χ1v) is 9.01. The van der Waals surface area contributed by atoms with Gasteiger partial charge in [-0.25, -0.2) is 14.2 Å². The number of benzene rings is 2. The highest BCUT2D eigenvalue weighted by atomic mass is 19.1. The Morgan fingerprint density at radius 1 is 1.21 bits per heavy atom. The first-order chi connectivity index (χ1) is 14.0. The van der Waals surface area contributed by atoms with E-state index in [9.17, 15) is 9.18 Å². The highest BCUT2D eigenvalue weighted by Gasteiger charge is 2.12. The van der Waals surface area contributed by atoms with Gasteiger partial charge in [0, 0.05) is 5.56 Å². The van der Waals surface area contributed by atoms with Gasteiger partial charge in [0.05, 0.1) is 30.9 Å². The number of rotatable bonds is 6. The molecular formula is C20H18FN5O3. The van der Waals surface area contributed by atoms with Crippen molar-refractivity contribution in [3.8, 4) is 11.3 Å². The lowest BCUT2D eigenvalue weighted by atomic mass is 10.1. The number of halogens is 1. The Morgan fingerprint density at radius 3 is 2.69 bits per heavy atom. The number of hydrogen-bond acceptors (Lipinski definition) is 7. The molecule has 4 rings (SSSR count). The molecule has 0 aliphatic rings.